The van der Waals surface area contributed by atoms with E-state index in [1.54, 1.807) is 0 Å². The van der Waals surface area contributed by atoms with Crippen LogP contribution in [0.3, 0.4) is 0 Å². The number of benzene rings is 3. The zero-order valence-electron chi connectivity index (χ0n) is 27.5. The van der Waals surface area contributed by atoms with Crippen LogP contribution in [-0.2, 0) is 10.2 Å². The molecule has 2 aliphatic heterocycles. The molecule has 0 aromatic heterocycles. The molecule has 9 heteroatoms. The number of carbonyl (C=O) groups excluding carboxylic acids is 2. The van der Waals surface area contributed by atoms with E-state index in [4.69, 9.17) is 39.4 Å². The molecule has 7 nitrogen and oxygen atoms in total. The second-order valence-electron chi connectivity index (χ2n) is 12.9. The van der Waals surface area contributed by atoms with Crippen molar-refractivity contribution in [2.45, 2.75) is 64.5 Å². The Bertz CT molecular complexity index is 1650. The Labute approximate surface area is 288 Å². The minimum Gasteiger partial charge on any atom is -0.493 e. The molecule has 1 fully saturated rings. The molecule has 2 unspecified atom stereocenters. The van der Waals surface area contributed by atoms with Crippen LogP contribution >= 0.6 is 23.2 Å². The van der Waals surface area contributed by atoms with E-state index < -0.39 is 12.1 Å². The second kappa shape index (κ2) is 14.8. The second-order valence-corrected chi connectivity index (χ2v) is 13.8. The average Bonchev–Trinajstić information content (AvgIpc) is 3.45. The first kappa shape index (κ1) is 34.3. The maximum absolute atomic E-state index is 14.8. The monoisotopic (exact) mass is 672 g/mol. The van der Waals surface area contributed by atoms with Crippen molar-refractivity contribution in [1.82, 2.24) is 14.7 Å². The summed E-state index contributed by atoms with van der Waals surface area (Å²) in [5, 5.41) is 1.23. The third kappa shape index (κ3) is 7.77. The van der Waals surface area contributed by atoms with E-state index in [0.29, 0.717) is 73.7 Å². The lowest BCUT2D eigenvalue weighted by molar-refractivity contribution is -0.132. The number of amidine groups is 1. The van der Waals surface area contributed by atoms with Gasteiger partial charge in [-0.3, -0.25) is 14.7 Å². The quantitative estimate of drug-likeness (QED) is 0.179. The number of ether oxygens (including phenoxy) is 1. The Morgan fingerprint density at radius 2 is 1.51 bits per heavy atom. The normalized spacial score (nSPS) is 18.1. The van der Waals surface area contributed by atoms with Crippen LogP contribution in [0.2, 0.25) is 10.0 Å². The van der Waals surface area contributed by atoms with Crippen LogP contribution in [0.15, 0.2) is 71.7 Å². The van der Waals surface area contributed by atoms with Gasteiger partial charge in [-0.1, -0.05) is 74.3 Å². The third-order valence-corrected chi connectivity index (χ3v) is 9.20. The van der Waals surface area contributed by atoms with Crippen molar-refractivity contribution in [1.29, 1.82) is 0 Å². The number of hydrogen-bond donors (Lipinski definition) is 0. The van der Waals surface area contributed by atoms with Gasteiger partial charge in [0, 0.05) is 49.1 Å². The van der Waals surface area contributed by atoms with E-state index in [0.717, 1.165) is 22.3 Å². The topological polar surface area (TPSA) is 65.5 Å². The van der Waals surface area contributed by atoms with Crippen LogP contribution in [0.25, 0.3) is 0 Å². The van der Waals surface area contributed by atoms with Crippen molar-refractivity contribution in [3.05, 3.63) is 99.0 Å². The zero-order valence-corrected chi connectivity index (χ0v) is 29.0. The molecule has 5 rings (SSSR count). The van der Waals surface area contributed by atoms with Crippen LogP contribution in [0, 0.1) is 12.3 Å². The van der Waals surface area contributed by atoms with Gasteiger partial charge in [-0.25, -0.2) is 4.79 Å². The molecule has 0 spiro atoms. The molecule has 0 saturated carbocycles. The summed E-state index contributed by atoms with van der Waals surface area (Å²) < 4.78 is 6.23. The molecule has 1 saturated heterocycles. The Hall–Kier alpha value is -3.99. The number of rotatable bonds is 8. The first-order valence-corrected chi connectivity index (χ1v) is 16.9. The fraction of sp³-hybridized carbons (Fsp3) is 0.395. The van der Waals surface area contributed by atoms with Gasteiger partial charge in [0.2, 0.25) is 5.91 Å². The molecule has 0 aliphatic carbocycles. The molecule has 47 heavy (non-hydrogen) atoms. The Kier molecular flexibility index (Phi) is 10.8. The van der Waals surface area contributed by atoms with Gasteiger partial charge in [0.25, 0.3) is 0 Å². The Morgan fingerprint density at radius 1 is 0.915 bits per heavy atom. The van der Waals surface area contributed by atoms with Crippen LogP contribution in [0.4, 0.5) is 4.79 Å². The van der Waals surface area contributed by atoms with E-state index in [-0.39, 0.29) is 17.4 Å². The Morgan fingerprint density at radius 3 is 2.09 bits per heavy atom. The van der Waals surface area contributed by atoms with Crippen molar-refractivity contribution in [2.24, 2.45) is 4.99 Å². The van der Waals surface area contributed by atoms with Crippen molar-refractivity contribution >= 4 is 41.0 Å². The fourth-order valence-corrected chi connectivity index (χ4v) is 6.35. The SMILES string of the molecule is C#CCCCC(=O)N1CCN(C(=O)N2C(c3ccc(C(C)(C)C)cc3OCC)=NC(c3ccc(Cl)cc3)C2c2ccc(Cl)cc2)CC1. The van der Waals surface area contributed by atoms with Crippen LogP contribution in [0.5, 0.6) is 5.75 Å². The summed E-state index contributed by atoms with van der Waals surface area (Å²) in [6.45, 7) is 10.6. The minimum atomic E-state index is -0.476. The molecule has 3 aromatic carbocycles. The van der Waals surface area contributed by atoms with Gasteiger partial charge in [0.05, 0.1) is 18.2 Å². The van der Waals surface area contributed by atoms with Gasteiger partial charge >= 0.3 is 6.03 Å². The van der Waals surface area contributed by atoms with E-state index >= 15 is 0 Å². The predicted octanol–water partition coefficient (Wildman–Crippen LogP) is 8.30. The standard InChI is InChI=1S/C38H42Cl2N4O3/c1-6-8-9-10-33(45)42-21-23-43(24-22-42)37(46)44-35(27-13-18-30(40)19-14-27)34(26-11-16-29(39)17-12-26)41-36(44)31-20-15-28(38(3,4)5)25-32(31)47-7-2/h1,11-20,25,34-35H,7-10,21-24H2,2-5H3. The molecule has 0 bridgehead atoms. The van der Waals surface area contributed by atoms with E-state index in [2.05, 4.69) is 38.8 Å². The number of unbranched alkanes of at least 4 members (excludes halogenated alkanes) is 1. The summed E-state index contributed by atoms with van der Waals surface area (Å²) in [4.78, 5) is 38.4. The van der Waals surface area contributed by atoms with Crippen LogP contribution in [-0.4, -0.2) is 65.3 Å². The highest BCUT2D eigenvalue weighted by molar-refractivity contribution is 6.30. The number of aliphatic imine (C=N–C) groups is 1. The average molecular weight is 674 g/mol. The van der Waals surface area contributed by atoms with E-state index in [1.807, 2.05) is 76.2 Å². The van der Waals surface area contributed by atoms with E-state index in [9.17, 15) is 9.59 Å². The highest BCUT2D eigenvalue weighted by Crippen LogP contribution is 2.46. The van der Waals surface area contributed by atoms with Crippen molar-refractivity contribution in [3.8, 4) is 18.1 Å². The third-order valence-electron chi connectivity index (χ3n) is 8.70. The number of carbonyl (C=O) groups is 2. The summed E-state index contributed by atoms with van der Waals surface area (Å²) in [7, 11) is 0. The number of terminal acetylenes is 1. The van der Waals surface area contributed by atoms with Gasteiger partial charge < -0.3 is 14.5 Å². The Balaban J connectivity index is 1.58. The fourth-order valence-electron chi connectivity index (χ4n) is 6.10. The minimum absolute atomic E-state index is 0.0675. The summed E-state index contributed by atoms with van der Waals surface area (Å²) in [5.41, 5.74) is 3.58. The number of nitrogens with zero attached hydrogens (tertiary/aromatic N) is 4. The number of hydrogen-bond acceptors (Lipinski definition) is 4. The van der Waals surface area contributed by atoms with Crippen molar-refractivity contribution < 1.29 is 14.3 Å². The number of halogens is 2. The van der Waals surface area contributed by atoms with Crippen molar-refractivity contribution in [2.75, 3.05) is 32.8 Å². The summed E-state index contributed by atoms with van der Waals surface area (Å²) in [6, 6.07) is 20.3. The summed E-state index contributed by atoms with van der Waals surface area (Å²) in [6.07, 6.45) is 7.01. The lowest BCUT2D eigenvalue weighted by Gasteiger charge is -2.39. The van der Waals surface area contributed by atoms with Gasteiger partial charge in [-0.2, -0.15) is 0 Å². The summed E-state index contributed by atoms with van der Waals surface area (Å²) >= 11 is 12.6. The summed E-state index contributed by atoms with van der Waals surface area (Å²) in [5.74, 6) is 3.87. The van der Waals surface area contributed by atoms with Crippen LogP contribution in [0.1, 0.15) is 81.3 Å². The molecule has 0 radical (unpaired) electrons. The molecule has 2 aliphatic rings. The molecule has 3 amide bonds. The highest BCUT2D eigenvalue weighted by atomic mass is 35.5. The first-order valence-electron chi connectivity index (χ1n) is 16.2. The maximum atomic E-state index is 14.8. The molecule has 3 aromatic rings. The molecule has 2 heterocycles. The van der Waals surface area contributed by atoms with E-state index in [1.165, 1.54) is 0 Å². The number of amides is 3. The molecule has 0 N–H and O–H groups in total. The molecule has 246 valence electrons. The van der Waals surface area contributed by atoms with Crippen molar-refractivity contribution in [3.63, 3.8) is 0 Å². The smallest absolute Gasteiger partial charge is 0.326 e. The van der Waals surface area contributed by atoms with Gasteiger partial charge in [-0.05, 0) is 71.8 Å². The highest BCUT2D eigenvalue weighted by Gasteiger charge is 2.45. The molecular formula is C38H42Cl2N4O3. The number of urea groups is 1. The molecule has 2 atom stereocenters. The molecular weight excluding hydrogens is 631 g/mol. The van der Waals surface area contributed by atoms with Gasteiger partial charge in [0.1, 0.15) is 17.6 Å². The lowest BCUT2D eigenvalue weighted by atomic mass is 9.86. The van der Waals surface area contributed by atoms with Gasteiger partial charge in [-0.15, -0.1) is 12.3 Å². The predicted molar refractivity (Wildman–Crippen MR) is 189 cm³/mol. The zero-order chi connectivity index (χ0) is 33.7. The maximum Gasteiger partial charge on any atom is 0.326 e. The first-order chi connectivity index (χ1) is 22.5. The lowest BCUT2D eigenvalue weighted by Crippen LogP contribution is -2.55. The van der Waals surface area contributed by atoms with Crippen LogP contribution < -0.4 is 4.74 Å². The largest absolute Gasteiger partial charge is 0.493 e. The van der Waals surface area contributed by atoms with Gasteiger partial charge in [0.15, 0.2) is 0 Å². The number of piperazine rings is 1.